The van der Waals surface area contributed by atoms with E-state index in [2.05, 4.69) is 20.4 Å². The molecule has 0 radical (unpaired) electrons. The van der Waals surface area contributed by atoms with Crippen LogP contribution in [0, 0.1) is 13.8 Å². The number of hydrogen-bond donors (Lipinski definition) is 1. The topological polar surface area (TPSA) is 99.0 Å². The molecule has 0 aliphatic heterocycles. The van der Waals surface area contributed by atoms with Gasteiger partial charge in [0.1, 0.15) is 11.5 Å². The van der Waals surface area contributed by atoms with Crippen molar-refractivity contribution in [2.45, 2.75) is 20.5 Å². The fourth-order valence-corrected chi connectivity index (χ4v) is 3.79. The number of ether oxygens (including phenoxy) is 1. The second-order valence-corrected chi connectivity index (χ2v) is 7.69. The number of pyridine rings is 1. The average molecular weight is 433 g/mol. The normalized spacial score (nSPS) is 10.6. The van der Waals surface area contributed by atoms with E-state index in [1.807, 2.05) is 42.5 Å². The predicted octanol–water partition coefficient (Wildman–Crippen LogP) is 3.95. The van der Waals surface area contributed by atoms with Gasteiger partial charge in [-0.1, -0.05) is 47.7 Å². The molecule has 3 aromatic heterocycles. The number of hydrogen-bond acceptors (Lipinski definition) is 7. The zero-order chi connectivity index (χ0) is 21.8. The lowest BCUT2D eigenvalue weighted by Crippen LogP contribution is -2.13. The van der Waals surface area contributed by atoms with Crippen molar-refractivity contribution in [2.24, 2.45) is 0 Å². The third kappa shape index (κ3) is 4.51. The van der Waals surface area contributed by atoms with Gasteiger partial charge in [0.2, 0.25) is 0 Å². The van der Waals surface area contributed by atoms with E-state index in [0.29, 0.717) is 32.8 Å². The van der Waals surface area contributed by atoms with Gasteiger partial charge in [-0.25, -0.2) is 19.4 Å². The average Bonchev–Trinajstić information content (AvgIpc) is 3.35. The number of aryl methyl sites for hydroxylation is 1. The molecular weight excluding hydrogens is 414 g/mol. The van der Waals surface area contributed by atoms with E-state index in [9.17, 15) is 9.59 Å². The number of nitrogens with zero attached hydrogens (tertiary/aromatic N) is 4. The highest BCUT2D eigenvalue weighted by atomic mass is 32.1. The molecule has 0 aliphatic carbocycles. The Hall–Kier alpha value is -3.85. The Morgan fingerprint density at radius 2 is 1.87 bits per heavy atom. The molecule has 1 N–H and O–H groups in total. The van der Waals surface area contributed by atoms with Crippen LogP contribution in [0.2, 0.25) is 0 Å². The Kier molecular flexibility index (Phi) is 5.85. The molecule has 1 amide bonds. The molecule has 31 heavy (non-hydrogen) atoms. The zero-order valence-electron chi connectivity index (χ0n) is 16.9. The molecule has 4 rings (SSSR count). The monoisotopic (exact) mass is 433 g/mol. The van der Waals surface area contributed by atoms with Crippen LogP contribution < -0.4 is 5.32 Å². The number of esters is 1. The maximum Gasteiger partial charge on any atom is 0.350 e. The number of anilines is 1. The van der Waals surface area contributed by atoms with Crippen molar-refractivity contribution in [1.29, 1.82) is 0 Å². The van der Waals surface area contributed by atoms with Gasteiger partial charge >= 0.3 is 5.97 Å². The molecule has 0 atom stereocenters. The molecule has 3 heterocycles. The summed E-state index contributed by atoms with van der Waals surface area (Å²) >= 11 is 1.08. The van der Waals surface area contributed by atoms with Gasteiger partial charge in [0.25, 0.3) is 5.91 Å². The smallest absolute Gasteiger partial charge is 0.350 e. The highest BCUT2D eigenvalue weighted by molar-refractivity contribution is 7.17. The number of carbonyl (C=O) groups is 2. The van der Waals surface area contributed by atoms with Crippen LogP contribution in [-0.2, 0) is 11.3 Å². The molecule has 8 nitrogen and oxygen atoms in total. The van der Waals surface area contributed by atoms with E-state index in [4.69, 9.17) is 4.74 Å². The fourth-order valence-electron chi connectivity index (χ4n) is 2.93. The molecule has 0 aliphatic rings. The highest BCUT2D eigenvalue weighted by Gasteiger charge is 2.21. The summed E-state index contributed by atoms with van der Waals surface area (Å²) < 4.78 is 6.96. The molecule has 156 valence electrons. The maximum atomic E-state index is 12.7. The highest BCUT2D eigenvalue weighted by Crippen LogP contribution is 2.25. The van der Waals surface area contributed by atoms with Crippen LogP contribution in [-0.4, -0.2) is 31.6 Å². The third-order valence-corrected chi connectivity index (χ3v) is 5.59. The van der Waals surface area contributed by atoms with Crippen molar-refractivity contribution in [2.75, 3.05) is 5.32 Å². The number of thiazole rings is 1. The molecule has 4 aromatic rings. The van der Waals surface area contributed by atoms with Gasteiger partial charge in [-0.05, 0) is 31.5 Å². The summed E-state index contributed by atoms with van der Waals surface area (Å²) in [5, 5.41) is 7.31. The molecule has 9 heteroatoms. The summed E-state index contributed by atoms with van der Waals surface area (Å²) in [6, 6.07) is 14.9. The van der Waals surface area contributed by atoms with Crippen molar-refractivity contribution in [3.05, 3.63) is 88.3 Å². The summed E-state index contributed by atoms with van der Waals surface area (Å²) in [6.07, 6.45) is 3.14. The quantitative estimate of drug-likeness (QED) is 0.462. The van der Waals surface area contributed by atoms with Gasteiger partial charge in [-0.15, -0.1) is 0 Å². The van der Waals surface area contributed by atoms with Crippen LogP contribution >= 0.6 is 11.3 Å². The van der Waals surface area contributed by atoms with E-state index >= 15 is 0 Å². The molecule has 0 unspecified atom stereocenters. The van der Waals surface area contributed by atoms with E-state index in [1.165, 1.54) is 6.20 Å². The van der Waals surface area contributed by atoms with E-state index in [0.717, 1.165) is 16.9 Å². The molecule has 1 aromatic carbocycles. The fraction of sp³-hybridized carbons (Fsp3) is 0.136. The van der Waals surface area contributed by atoms with E-state index in [1.54, 1.807) is 30.8 Å². The third-order valence-electron chi connectivity index (χ3n) is 4.54. The first-order valence-corrected chi connectivity index (χ1v) is 10.3. The lowest BCUT2D eigenvalue weighted by atomic mass is 10.2. The summed E-state index contributed by atoms with van der Waals surface area (Å²) in [4.78, 5) is 34.1. The summed E-state index contributed by atoms with van der Waals surface area (Å²) in [7, 11) is 0. The Balaban J connectivity index is 1.45. The van der Waals surface area contributed by atoms with Gasteiger partial charge < -0.3 is 4.74 Å². The molecule has 0 saturated heterocycles. The number of amides is 1. The van der Waals surface area contributed by atoms with Crippen molar-refractivity contribution in [3.8, 4) is 5.82 Å². The van der Waals surface area contributed by atoms with Crippen molar-refractivity contribution in [3.63, 3.8) is 0 Å². The molecule has 0 spiro atoms. The first kappa shape index (κ1) is 20.4. The van der Waals surface area contributed by atoms with Gasteiger partial charge in [0.05, 0.1) is 23.1 Å². The molecule has 0 saturated carbocycles. The van der Waals surface area contributed by atoms with Gasteiger partial charge in [-0.3, -0.25) is 10.1 Å². The number of aromatic nitrogens is 4. The Labute approximate surface area is 182 Å². The van der Waals surface area contributed by atoms with E-state index < -0.39 is 5.97 Å². The van der Waals surface area contributed by atoms with Crippen LogP contribution in [0.4, 0.5) is 5.13 Å². The lowest BCUT2D eigenvalue weighted by molar-refractivity contribution is 0.0477. The Morgan fingerprint density at radius 3 is 2.61 bits per heavy atom. The minimum atomic E-state index is -0.474. The second-order valence-electron chi connectivity index (χ2n) is 6.69. The number of nitrogens with one attached hydrogen (secondary N) is 1. The largest absolute Gasteiger partial charge is 0.457 e. The summed E-state index contributed by atoms with van der Waals surface area (Å²) in [6.45, 7) is 3.66. The number of carbonyl (C=O) groups excluding carboxylic acids is 2. The molecule has 0 fully saturated rings. The number of benzene rings is 1. The van der Waals surface area contributed by atoms with Crippen molar-refractivity contribution >= 4 is 28.3 Å². The SMILES string of the molecule is Cc1nc(NC(=O)c2cnn(-c3ccccn3)c2C)sc1C(=O)OCc1ccccc1. The Bertz CT molecular complexity index is 1220. The predicted molar refractivity (Wildman–Crippen MR) is 116 cm³/mol. The summed E-state index contributed by atoms with van der Waals surface area (Å²) in [5.41, 5.74) is 2.44. The van der Waals surface area contributed by atoms with Gasteiger partial charge in [0, 0.05) is 6.20 Å². The van der Waals surface area contributed by atoms with Crippen LogP contribution in [0.15, 0.2) is 60.9 Å². The standard InChI is InChI=1S/C22H19N5O3S/c1-14-19(21(29)30-13-16-8-4-3-5-9-16)31-22(25-14)26-20(28)17-12-24-27(15(17)2)18-10-6-7-11-23-18/h3-12H,13H2,1-2H3,(H,25,26,28). The van der Waals surface area contributed by atoms with Crippen LogP contribution in [0.5, 0.6) is 0 Å². The Morgan fingerprint density at radius 1 is 1.10 bits per heavy atom. The lowest BCUT2D eigenvalue weighted by Gasteiger charge is -2.04. The maximum absolute atomic E-state index is 12.7. The first-order valence-electron chi connectivity index (χ1n) is 9.49. The minimum absolute atomic E-state index is 0.171. The zero-order valence-corrected chi connectivity index (χ0v) is 17.7. The van der Waals surface area contributed by atoms with Crippen LogP contribution in [0.1, 0.15) is 37.0 Å². The first-order chi connectivity index (χ1) is 15.0. The minimum Gasteiger partial charge on any atom is -0.457 e. The van der Waals surface area contributed by atoms with Crippen LogP contribution in [0.25, 0.3) is 5.82 Å². The molecule has 0 bridgehead atoms. The van der Waals surface area contributed by atoms with Crippen molar-refractivity contribution in [1.82, 2.24) is 19.7 Å². The van der Waals surface area contributed by atoms with Gasteiger partial charge in [-0.2, -0.15) is 5.10 Å². The van der Waals surface area contributed by atoms with Crippen LogP contribution in [0.3, 0.4) is 0 Å². The number of rotatable bonds is 6. The second kappa shape index (κ2) is 8.88. The van der Waals surface area contributed by atoms with E-state index in [-0.39, 0.29) is 12.5 Å². The van der Waals surface area contributed by atoms with Gasteiger partial charge in [0.15, 0.2) is 10.9 Å². The van der Waals surface area contributed by atoms with Crippen molar-refractivity contribution < 1.29 is 14.3 Å². The summed E-state index contributed by atoms with van der Waals surface area (Å²) in [5.74, 6) is -0.219. The molecular formula is C22H19N5O3S.